The number of carboxylic acid groups (broad SMARTS) is 1. The first kappa shape index (κ1) is 24.8. The third-order valence-electron chi connectivity index (χ3n) is 7.31. The lowest BCUT2D eigenvalue weighted by molar-refractivity contribution is 0.109. The highest BCUT2D eigenvalue weighted by Crippen LogP contribution is 2.38. The van der Waals surface area contributed by atoms with Crippen molar-refractivity contribution in [3.05, 3.63) is 35.5 Å². The van der Waals surface area contributed by atoms with Crippen molar-refractivity contribution in [1.82, 2.24) is 15.0 Å². The SMILES string of the molecule is CCc1noc(C(C)(C)CN(CC2CCCC(CN3CN(C)c4ccc(C#N)cc43)C2)C(=O)O)n1. The molecule has 0 radical (unpaired) electrons. The first-order valence-corrected chi connectivity index (χ1v) is 12.5. The molecule has 4 rings (SSSR count). The largest absolute Gasteiger partial charge is 0.465 e. The second-order valence-electron chi connectivity index (χ2n) is 10.7. The molecule has 1 aromatic carbocycles. The highest BCUT2D eigenvalue weighted by molar-refractivity contribution is 5.77. The van der Waals surface area contributed by atoms with Crippen LogP contribution >= 0.6 is 0 Å². The lowest BCUT2D eigenvalue weighted by Gasteiger charge is -2.36. The molecule has 1 aliphatic carbocycles. The highest BCUT2D eigenvalue weighted by Gasteiger charge is 2.35. The third-order valence-corrected chi connectivity index (χ3v) is 7.31. The molecule has 9 nitrogen and oxygen atoms in total. The van der Waals surface area contributed by atoms with Gasteiger partial charge in [-0.3, -0.25) is 0 Å². The quantitative estimate of drug-likeness (QED) is 0.589. The molecule has 1 N–H and O–H groups in total. The molecule has 2 aromatic rings. The molecule has 1 amide bonds. The van der Waals surface area contributed by atoms with Gasteiger partial charge in [0.2, 0.25) is 5.89 Å². The van der Waals surface area contributed by atoms with Crippen molar-refractivity contribution in [2.75, 3.05) is 43.2 Å². The molecule has 35 heavy (non-hydrogen) atoms. The summed E-state index contributed by atoms with van der Waals surface area (Å²) >= 11 is 0. The minimum absolute atomic E-state index is 0.316. The van der Waals surface area contributed by atoms with E-state index in [9.17, 15) is 15.2 Å². The molecule has 2 heterocycles. The average Bonchev–Trinajstić information content (AvgIpc) is 3.44. The number of nitriles is 1. The fourth-order valence-electron chi connectivity index (χ4n) is 5.52. The third kappa shape index (κ3) is 5.53. The summed E-state index contributed by atoms with van der Waals surface area (Å²) in [6.45, 7) is 8.43. The van der Waals surface area contributed by atoms with Crippen LogP contribution in [0.5, 0.6) is 0 Å². The van der Waals surface area contributed by atoms with Crippen LogP contribution in [-0.4, -0.2) is 59.6 Å². The van der Waals surface area contributed by atoms with Gasteiger partial charge in [-0.2, -0.15) is 10.2 Å². The van der Waals surface area contributed by atoms with E-state index < -0.39 is 11.5 Å². The van der Waals surface area contributed by atoms with Crippen molar-refractivity contribution in [2.24, 2.45) is 11.8 Å². The Bertz CT molecular complexity index is 1090. The van der Waals surface area contributed by atoms with Gasteiger partial charge in [0.05, 0.1) is 35.1 Å². The van der Waals surface area contributed by atoms with Crippen LogP contribution in [0.1, 0.15) is 63.7 Å². The topological polar surface area (TPSA) is 110 Å². The molecule has 0 saturated heterocycles. The molecule has 0 bridgehead atoms. The number of anilines is 2. The van der Waals surface area contributed by atoms with Crippen LogP contribution in [0.2, 0.25) is 0 Å². The molecule has 2 aliphatic rings. The number of hydrogen-bond acceptors (Lipinski definition) is 7. The summed E-state index contributed by atoms with van der Waals surface area (Å²) < 4.78 is 5.43. The highest BCUT2D eigenvalue weighted by atomic mass is 16.5. The van der Waals surface area contributed by atoms with Gasteiger partial charge in [-0.25, -0.2) is 4.79 Å². The Morgan fingerprint density at radius 2 is 2.09 bits per heavy atom. The van der Waals surface area contributed by atoms with E-state index in [4.69, 9.17) is 4.52 Å². The van der Waals surface area contributed by atoms with Crippen molar-refractivity contribution in [3.63, 3.8) is 0 Å². The second-order valence-corrected chi connectivity index (χ2v) is 10.7. The molecule has 1 aliphatic heterocycles. The van der Waals surface area contributed by atoms with Crippen molar-refractivity contribution in [2.45, 2.75) is 58.3 Å². The fourth-order valence-corrected chi connectivity index (χ4v) is 5.52. The zero-order valence-corrected chi connectivity index (χ0v) is 21.2. The molecule has 0 spiro atoms. The normalized spacial score (nSPS) is 20.0. The molecular formula is C26H36N6O3. The first-order valence-electron chi connectivity index (χ1n) is 12.5. The van der Waals surface area contributed by atoms with Gasteiger partial charge in [0.15, 0.2) is 5.82 Å². The molecule has 1 saturated carbocycles. The van der Waals surface area contributed by atoms with Crippen molar-refractivity contribution in [1.29, 1.82) is 5.26 Å². The van der Waals surface area contributed by atoms with Crippen molar-refractivity contribution in [3.8, 4) is 6.07 Å². The van der Waals surface area contributed by atoms with Crippen LogP contribution in [0.4, 0.5) is 16.2 Å². The van der Waals surface area contributed by atoms with Crippen LogP contribution in [0.3, 0.4) is 0 Å². The fraction of sp³-hybridized carbons (Fsp3) is 0.615. The average molecular weight is 481 g/mol. The number of aromatic nitrogens is 2. The zero-order chi connectivity index (χ0) is 25.2. The number of benzene rings is 1. The second kappa shape index (κ2) is 10.1. The molecule has 1 aromatic heterocycles. The zero-order valence-electron chi connectivity index (χ0n) is 21.2. The summed E-state index contributed by atoms with van der Waals surface area (Å²) in [5, 5.41) is 23.3. The van der Waals surface area contributed by atoms with E-state index in [0.717, 1.165) is 50.3 Å². The molecule has 2 atom stereocenters. The monoisotopic (exact) mass is 480 g/mol. The Labute approximate surface area is 207 Å². The lowest BCUT2D eigenvalue weighted by atomic mass is 9.80. The van der Waals surface area contributed by atoms with E-state index in [1.54, 1.807) is 0 Å². The lowest BCUT2D eigenvalue weighted by Crippen LogP contribution is -2.44. The number of amides is 1. The Hall–Kier alpha value is -3.28. The Morgan fingerprint density at radius 1 is 1.31 bits per heavy atom. The molecule has 188 valence electrons. The summed E-state index contributed by atoms with van der Waals surface area (Å²) in [4.78, 5) is 22.7. The minimum Gasteiger partial charge on any atom is -0.465 e. The molecular weight excluding hydrogens is 444 g/mol. The maximum absolute atomic E-state index is 12.2. The van der Waals surface area contributed by atoms with Gasteiger partial charge in [0.25, 0.3) is 0 Å². The van der Waals surface area contributed by atoms with Gasteiger partial charge >= 0.3 is 6.09 Å². The number of carbonyl (C=O) groups is 1. The minimum atomic E-state index is -0.908. The Kier molecular flexibility index (Phi) is 7.20. The summed E-state index contributed by atoms with van der Waals surface area (Å²) in [5.41, 5.74) is 2.39. The smallest absolute Gasteiger partial charge is 0.407 e. The number of aryl methyl sites for hydroxylation is 1. The maximum Gasteiger partial charge on any atom is 0.407 e. The van der Waals surface area contributed by atoms with Gasteiger partial charge in [0, 0.05) is 33.1 Å². The maximum atomic E-state index is 12.2. The molecule has 1 fully saturated rings. The number of rotatable bonds is 8. The van der Waals surface area contributed by atoms with E-state index in [0.29, 0.717) is 48.6 Å². The summed E-state index contributed by atoms with van der Waals surface area (Å²) in [6, 6.07) is 8.12. The van der Waals surface area contributed by atoms with Crippen LogP contribution in [0.25, 0.3) is 0 Å². The predicted molar refractivity (Wildman–Crippen MR) is 134 cm³/mol. The van der Waals surface area contributed by atoms with E-state index in [2.05, 4.69) is 33.1 Å². The predicted octanol–water partition coefficient (Wildman–Crippen LogP) is 4.48. The van der Waals surface area contributed by atoms with Crippen molar-refractivity contribution >= 4 is 17.5 Å². The summed E-state index contributed by atoms with van der Waals surface area (Å²) in [7, 11) is 2.08. The molecule has 9 heteroatoms. The van der Waals surface area contributed by atoms with Crippen molar-refractivity contribution < 1.29 is 14.4 Å². The van der Waals surface area contributed by atoms with Gasteiger partial charge in [-0.15, -0.1) is 0 Å². The van der Waals surface area contributed by atoms with Gasteiger partial charge in [0.1, 0.15) is 0 Å². The van der Waals surface area contributed by atoms with Gasteiger partial charge < -0.3 is 24.3 Å². The van der Waals surface area contributed by atoms with Crippen LogP contribution < -0.4 is 9.80 Å². The van der Waals surface area contributed by atoms with Crippen LogP contribution in [0.15, 0.2) is 22.7 Å². The number of hydrogen-bond donors (Lipinski definition) is 1. The number of nitrogens with zero attached hydrogens (tertiary/aromatic N) is 6. The van der Waals surface area contributed by atoms with E-state index in [1.165, 1.54) is 4.90 Å². The number of fused-ring (bicyclic) bond motifs is 1. The van der Waals surface area contributed by atoms with E-state index in [1.807, 2.05) is 39.0 Å². The standard InChI is InChI=1S/C26H36N6O3/c1-5-23-28-24(35-29-23)26(2,3)16-31(25(33)34)14-19-7-6-8-20(11-19)15-32-17-30(4)21-10-9-18(13-27)12-22(21)32/h9-10,12,19-20H,5-8,11,14-17H2,1-4H3,(H,33,34). The Morgan fingerprint density at radius 3 is 2.77 bits per heavy atom. The van der Waals surface area contributed by atoms with Gasteiger partial charge in [-0.05, 0) is 63.1 Å². The Balaban J connectivity index is 1.39. The van der Waals surface area contributed by atoms with Crippen LogP contribution in [-0.2, 0) is 11.8 Å². The molecule has 2 unspecified atom stereocenters. The van der Waals surface area contributed by atoms with Gasteiger partial charge in [-0.1, -0.05) is 18.5 Å². The first-order chi connectivity index (χ1) is 16.7. The summed E-state index contributed by atoms with van der Waals surface area (Å²) in [6.07, 6.45) is 4.05. The van der Waals surface area contributed by atoms with E-state index in [-0.39, 0.29) is 0 Å². The van der Waals surface area contributed by atoms with Crippen LogP contribution in [0, 0.1) is 23.2 Å². The van der Waals surface area contributed by atoms with E-state index >= 15 is 0 Å². The summed E-state index contributed by atoms with van der Waals surface area (Å²) in [5.74, 6) is 1.93.